The summed E-state index contributed by atoms with van der Waals surface area (Å²) >= 11 is 0. The second-order valence-corrected chi connectivity index (χ2v) is 8.94. The molecular formula is C22H29F3N4O. The number of likely N-dealkylation sites (tertiary alicyclic amines) is 1. The molecule has 1 aliphatic carbocycles. The zero-order chi connectivity index (χ0) is 21.6. The van der Waals surface area contributed by atoms with E-state index < -0.39 is 12.1 Å². The van der Waals surface area contributed by atoms with Gasteiger partial charge in [0, 0.05) is 43.6 Å². The number of hydrogen-bond acceptors (Lipinski definition) is 3. The van der Waals surface area contributed by atoms with E-state index in [1.807, 2.05) is 29.3 Å². The Morgan fingerprint density at radius 2 is 1.80 bits per heavy atom. The normalized spacial score (nSPS) is 25.7. The number of nitrogens with zero attached hydrogens (tertiary/aromatic N) is 4. The minimum absolute atomic E-state index is 0.0406. The Morgan fingerprint density at radius 3 is 2.43 bits per heavy atom. The highest BCUT2D eigenvalue weighted by atomic mass is 19.4. The van der Waals surface area contributed by atoms with Crippen LogP contribution in [0, 0.1) is 19.8 Å². The van der Waals surface area contributed by atoms with E-state index in [1.165, 1.54) is 0 Å². The summed E-state index contributed by atoms with van der Waals surface area (Å²) in [5, 5.41) is 4.84. The van der Waals surface area contributed by atoms with Crippen LogP contribution in [0.2, 0.25) is 0 Å². The molecule has 0 unspecified atom stereocenters. The molecule has 3 heterocycles. The molecule has 4 rings (SSSR count). The van der Waals surface area contributed by atoms with Crippen LogP contribution in [-0.4, -0.2) is 44.7 Å². The van der Waals surface area contributed by atoms with Gasteiger partial charge in [-0.15, -0.1) is 0 Å². The van der Waals surface area contributed by atoms with Gasteiger partial charge in [-0.05, 0) is 57.9 Å². The van der Waals surface area contributed by atoms with Crippen molar-refractivity contribution in [2.75, 3.05) is 13.1 Å². The van der Waals surface area contributed by atoms with Gasteiger partial charge in [0.05, 0.1) is 17.3 Å². The molecule has 0 N–H and O–H groups in total. The summed E-state index contributed by atoms with van der Waals surface area (Å²) in [6.45, 7) is 7.07. The van der Waals surface area contributed by atoms with Gasteiger partial charge in [-0.3, -0.25) is 4.79 Å². The second kappa shape index (κ2) is 7.85. The number of halogens is 3. The zero-order valence-corrected chi connectivity index (χ0v) is 17.8. The number of carbonyl (C=O) groups excluding carboxylic acids is 1. The standard InChI is InChI=1S/C22H29F3N4O/c1-13-14(2)26-20-11-19(16-6-8-18(9-7-16)22(23,24)25)27-29(20)21(13)17-5-4-10-28(12-17)15(3)30/h11,16-18H,4-10,12H2,1-3H3/t16?,17-,18?/m0/s1. The first kappa shape index (κ1) is 21.1. The third-order valence-electron chi connectivity index (χ3n) is 7.01. The third kappa shape index (κ3) is 3.93. The Balaban J connectivity index is 1.65. The van der Waals surface area contributed by atoms with E-state index in [-0.39, 0.29) is 30.6 Å². The first-order valence-electron chi connectivity index (χ1n) is 10.8. The van der Waals surface area contributed by atoms with Crippen molar-refractivity contribution in [1.29, 1.82) is 0 Å². The lowest BCUT2D eigenvalue weighted by molar-refractivity contribution is -0.182. The number of aryl methyl sites for hydroxylation is 1. The van der Waals surface area contributed by atoms with Crippen LogP contribution in [0.15, 0.2) is 6.07 Å². The van der Waals surface area contributed by atoms with Crippen LogP contribution < -0.4 is 0 Å². The van der Waals surface area contributed by atoms with E-state index in [0.717, 1.165) is 47.7 Å². The molecule has 0 radical (unpaired) electrons. The second-order valence-electron chi connectivity index (χ2n) is 8.94. The number of rotatable bonds is 2. The van der Waals surface area contributed by atoms with Crippen molar-refractivity contribution in [3.05, 3.63) is 28.7 Å². The molecule has 1 saturated heterocycles. The van der Waals surface area contributed by atoms with Gasteiger partial charge in [0.1, 0.15) is 0 Å². The van der Waals surface area contributed by atoms with Crippen LogP contribution >= 0.6 is 0 Å². The molecule has 0 aromatic carbocycles. The van der Waals surface area contributed by atoms with Crippen LogP contribution in [0.1, 0.15) is 79.9 Å². The molecule has 164 valence electrons. The smallest absolute Gasteiger partial charge is 0.342 e. The van der Waals surface area contributed by atoms with Crippen molar-refractivity contribution >= 4 is 11.6 Å². The minimum atomic E-state index is -4.10. The van der Waals surface area contributed by atoms with Gasteiger partial charge in [0.15, 0.2) is 5.65 Å². The highest BCUT2D eigenvalue weighted by Gasteiger charge is 2.42. The van der Waals surface area contributed by atoms with Crippen molar-refractivity contribution in [3.63, 3.8) is 0 Å². The van der Waals surface area contributed by atoms with E-state index in [0.29, 0.717) is 19.4 Å². The molecule has 0 bridgehead atoms. The number of alkyl halides is 3. The lowest BCUT2D eigenvalue weighted by atomic mass is 9.80. The molecule has 1 saturated carbocycles. The van der Waals surface area contributed by atoms with Crippen LogP contribution in [0.4, 0.5) is 13.2 Å². The van der Waals surface area contributed by atoms with E-state index in [2.05, 4.69) is 0 Å². The maximum Gasteiger partial charge on any atom is 0.391 e. The number of piperidine rings is 1. The third-order valence-corrected chi connectivity index (χ3v) is 7.01. The topological polar surface area (TPSA) is 50.5 Å². The SMILES string of the molecule is CC(=O)N1CCC[C@H](c2c(C)c(C)nc3cc(C4CCC(C(F)(F)F)CC4)nn23)C1. The summed E-state index contributed by atoms with van der Waals surface area (Å²) in [6.07, 6.45) is -0.841. The van der Waals surface area contributed by atoms with Crippen LogP contribution in [0.25, 0.3) is 5.65 Å². The monoisotopic (exact) mass is 422 g/mol. The fourth-order valence-electron chi connectivity index (χ4n) is 5.13. The van der Waals surface area contributed by atoms with Crippen molar-refractivity contribution in [2.45, 2.75) is 77.3 Å². The molecule has 1 amide bonds. The summed E-state index contributed by atoms with van der Waals surface area (Å²) in [4.78, 5) is 18.5. The van der Waals surface area contributed by atoms with Gasteiger partial charge >= 0.3 is 6.18 Å². The van der Waals surface area contributed by atoms with E-state index in [9.17, 15) is 18.0 Å². The molecule has 2 aliphatic rings. The van der Waals surface area contributed by atoms with Crippen molar-refractivity contribution in [1.82, 2.24) is 19.5 Å². The lowest BCUT2D eigenvalue weighted by Gasteiger charge is -2.33. The molecule has 5 nitrogen and oxygen atoms in total. The van der Waals surface area contributed by atoms with Crippen molar-refractivity contribution in [3.8, 4) is 0 Å². The first-order chi connectivity index (χ1) is 14.1. The summed E-state index contributed by atoms with van der Waals surface area (Å²) in [5.41, 5.74) is 4.69. The molecular weight excluding hydrogens is 393 g/mol. The summed E-state index contributed by atoms with van der Waals surface area (Å²) < 4.78 is 40.9. The maximum absolute atomic E-state index is 13.0. The number of fused-ring (bicyclic) bond motifs is 1. The van der Waals surface area contributed by atoms with Gasteiger partial charge in [0.2, 0.25) is 5.91 Å². The molecule has 8 heteroatoms. The molecule has 2 aromatic heterocycles. The fourth-order valence-corrected chi connectivity index (χ4v) is 5.13. The quantitative estimate of drug-likeness (QED) is 0.691. The predicted molar refractivity (Wildman–Crippen MR) is 107 cm³/mol. The van der Waals surface area contributed by atoms with E-state index in [4.69, 9.17) is 10.1 Å². The molecule has 30 heavy (non-hydrogen) atoms. The molecule has 2 fully saturated rings. The van der Waals surface area contributed by atoms with Crippen LogP contribution in [0.5, 0.6) is 0 Å². The van der Waals surface area contributed by atoms with E-state index >= 15 is 0 Å². The predicted octanol–water partition coefficient (Wildman–Crippen LogP) is 4.91. The molecule has 1 aliphatic heterocycles. The van der Waals surface area contributed by atoms with Gasteiger partial charge in [-0.25, -0.2) is 9.50 Å². The number of amides is 1. The Hall–Kier alpha value is -2.12. The van der Waals surface area contributed by atoms with Crippen molar-refractivity contribution < 1.29 is 18.0 Å². The largest absolute Gasteiger partial charge is 0.391 e. The van der Waals surface area contributed by atoms with Crippen molar-refractivity contribution in [2.24, 2.45) is 5.92 Å². The Labute approximate surface area is 174 Å². The summed E-state index contributed by atoms with van der Waals surface area (Å²) in [5.74, 6) is -0.884. The highest BCUT2D eigenvalue weighted by Crippen LogP contribution is 2.43. The van der Waals surface area contributed by atoms with Gasteiger partial charge in [-0.2, -0.15) is 18.3 Å². The number of aromatic nitrogens is 3. The number of hydrogen-bond donors (Lipinski definition) is 0. The number of carbonyl (C=O) groups is 1. The minimum Gasteiger partial charge on any atom is -0.342 e. The molecule has 1 atom stereocenters. The highest BCUT2D eigenvalue weighted by molar-refractivity contribution is 5.73. The van der Waals surface area contributed by atoms with Gasteiger partial charge < -0.3 is 4.90 Å². The zero-order valence-electron chi connectivity index (χ0n) is 17.8. The summed E-state index contributed by atoms with van der Waals surface area (Å²) in [6, 6.07) is 1.94. The first-order valence-corrected chi connectivity index (χ1v) is 10.8. The molecule has 2 aromatic rings. The van der Waals surface area contributed by atoms with Gasteiger partial charge in [0.25, 0.3) is 0 Å². The Morgan fingerprint density at radius 1 is 1.10 bits per heavy atom. The Bertz CT molecular complexity index is 944. The summed E-state index contributed by atoms with van der Waals surface area (Å²) in [7, 11) is 0. The van der Waals surface area contributed by atoms with Crippen LogP contribution in [0.3, 0.4) is 0 Å². The fraction of sp³-hybridized carbons (Fsp3) is 0.682. The maximum atomic E-state index is 13.0. The van der Waals surface area contributed by atoms with E-state index in [1.54, 1.807) is 6.92 Å². The average Bonchev–Trinajstić information content (AvgIpc) is 3.11. The Kier molecular flexibility index (Phi) is 5.53. The van der Waals surface area contributed by atoms with Crippen LogP contribution in [-0.2, 0) is 4.79 Å². The molecule has 0 spiro atoms. The van der Waals surface area contributed by atoms with Gasteiger partial charge in [-0.1, -0.05) is 0 Å². The average molecular weight is 422 g/mol. The lowest BCUT2D eigenvalue weighted by Crippen LogP contribution is -2.38.